The predicted molar refractivity (Wildman–Crippen MR) is 73.2 cm³/mol. The van der Waals surface area contributed by atoms with Crippen LogP contribution in [0, 0.1) is 5.92 Å². The van der Waals surface area contributed by atoms with Gasteiger partial charge in [0.2, 0.25) is 5.91 Å². The number of hydrogen-bond acceptors (Lipinski definition) is 3. The number of benzene rings is 1. The molecule has 0 aromatic heterocycles. The van der Waals surface area contributed by atoms with Crippen molar-refractivity contribution < 1.29 is 27.8 Å². The van der Waals surface area contributed by atoms with Crippen molar-refractivity contribution >= 4 is 5.91 Å². The lowest BCUT2D eigenvalue weighted by molar-refractivity contribution is -0.274. The fourth-order valence-corrected chi connectivity index (χ4v) is 2.41. The van der Waals surface area contributed by atoms with Crippen LogP contribution in [0.3, 0.4) is 0 Å². The van der Waals surface area contributed by atoms with Crippen LogP contribution in [-0.2, 0) is 11.2 Å². The monoisotopic (exact) mass is 317 g/mol. The number of amides is 1. The number of carbonyl (C=O) groups is 1. The van der Waals surface area contributed by atoms with E-state index in [1.54, 1.807) is 11.0 Å². The molecule has 1 aliphatic heterocycles. The summed E-state index contributed by atoms with van der Waals surface area (Å²) in [5.74, 6) is -0.409. The highest BCUT2D eigenvalue weighted by molar-refractivity contribution is 5.79. The van der Waals surface area contributed by atoms with Gasteiger partial charge in [0.1, 0.15) is 5.75 Å². The Bertz CT molecular complexity index is 533. The first-order valence-electron chi connectivity index (χ1n) is 7.05. The first-order chi connectivity index (χ1) is 10.2. The Morgan fingerprint density at radius 1 is 1.45 bits per heavy atom. The van der Waals surface area contributed by atoms with Crippen molar-refractivity contribution in [3.63, 3.8) is 0 Å². The van der Waals surface area contributed by atoms with E-state index in [4.69, 9.17) is 0 Å². The van der Waals surface area contributed by atoms with Crippen molar-refractivity contribution in [3.8, 4) is 5.75 Å². The van der Waals surface area contributed by atoms with Crippen LogP contribution < -0.4 is 4.74 Å². The molecule has 1 heterocycles. The number of nitrogens with zero attached hydrogens (tertiary/aromatic N) is 1. The molecule has 0 aliphatic carbocycles. The number of hydrogen-bond donors (Lipinski definition) is 1. The molecule has 0 radical (unpaired) electrons. The van der Waals surface area contributed by atoms with Gasteiger partial charge in [-0.3, -0.25) is 4.79 Å². The van der Waals surface area contributed by atoms with Gasteiger partial charge in [0.25, 0.3) is 0 Å². The molecule has 1 amide bonds. The molecule has 2 atom stereocenters. The first kappa shape index (κ1) is 16.6. The van der Waals surface area contributed by atoms with E-state index in [2.05, 4.69) is 4.74 Å². The maximum absolute atomic E-state index is 12.2. The smallest absolute Gasteiger partial charge is 0.406 e. The number of ether oxygens (including phenoxy) is 1. The minimum absolute atomic E-state index is 0.0177. The average molecular weight is 317 g/mol. The highest BCUT2D eigenvalue weighted by Crippen LogP contribution is 2.24. The summed E-state index contributed by atoms with van der Waals surface area (Å²) in [6, 6.07) is 5.38. The van der Waals surface area contributed by atoms with Gasteiger partial charge in [-0.2, -0.15) is 0 Å². The van der Waals surface area contributed by atoms with Gasteiger partial charge < -0.3 is 14.7 Å². The molecule has 0 bridgehead atoms. The summed E-state index contributed by atoms with van der Waals surface area (Å²) in [5.41, 5.74) is 0.444. The van der Waals surface area contributed by atoms with Crippen molar-refractivity contribution in [2.45, 2.75) is 32.2 Å². The maximum Gasteiger partial charge on any atom is 0.573 e. The Morgan fingerprint density at radius 2 is 2.18 bits per heavy atom. The van der Waals surface area contributed by atoms with E-state index in [1.807, 2.05) is 6.92 Å². The molecule has 0 saturated carbocycles. The van der Waals surface area contributed by atoms with E-state index in [1.165, 1.54) is 18.2 Å². The number of aliphatic hydroxyl groups excluding tert-OH is 1. The zero-order valence-electron chi connectivity index (χ0n) is 12.1. The third-order valence-electron chi connectivity index (χ3n) is 3.76. The SMILES string of the molecule is CC1CCN(C(=O)Cc2cccc(OC(F)(F)F)c2)CC1O. The number of aliphatic hydroxyl groups is 1. The summed E-state index contributed by atoms with van der Waals surface area (Å²) >= 11 is 0. The lowest BCUT2D eigenvalue weighted by Gasteiger charge is -2.34. The molecule has 4 nitrogen and oxygen atoms in total. The third kappa shape index (κ3) is 4.62. The number of likely N-dealkylation sites (tertiary alicyclic amines) is 1. The molecule has 1 aromatic rings. The molecule has 2 rings (SSSR count). The fraction of sp³-hybridized carbons (Fsp3) is 0.533. The minimum Gasteiger partial charge on any atom is -0.406 e. The van der Waals surface area contributed by atoms with Crippen LogP contribution in [0.15, 0.2) is 24.3 Å². The normalized spacial score (nSPS) is 22.5. The quantitative estimate of drug-likeness (QED) is 0.931. The van der Waals surface area contributed by atoms with Crippen LogP contribution >= 0.6 is 0 Å². The van der Waals surface area contributed by atoms with Crippen LogP contribution in [-0.4, -0.2) is 41.5 Å². The van der Waals surface area contributed by atoms with E-state index in [0.717, 1.165) is 0 Å². The highest BCUT2D eigenvalue weighted by atomic mass is 19.4. The molecular formula is C15H18F3NO3. The number of piperidine rings is 1. The van der Waals surface area contributed by atoms with Crippen LogP contribution in [0.1, 0.15) is 18.9 Å². The van der Waals surface area contributed by atoms with Crippen LogP contribution in [0.2, 0.25) is 0 Å². The standard InChI is InChI=1S/C15H18F3NO3/c1-10-5-6-19(9-13(10)20)14(21)8-11-3-2-4-12(7-11)22-15(16,17)18/h2-4,7,10,13,20H,5-6,8-9H2,1H3. The van der Waals surface area contributed by atoms with Gasteiger partial charge in [-0.25, -0.2) is 0 Å². The number of alkyl halides is 3. The highest BCUT2D eigenvalue weighted by Gasteiger charge is 2.31. The van der Waals surface area contributed by atoms with Crippen molar-refractivity contribution in [2.24, 2.45) is 5.92 Å². The summed E-state index contributed by atoms with van der Waals surface area (Å²) in [5, 5.41) is 9.80. The summed E-state index contributed by atoms with van der Waals surface area (Å²) in [7, 11) is 0. The van der Waals surface area contributed by atoms with Gasteiger partial charge in [0.15, 0.2) is 0 Å². The molecule has 2 unspecified atom stereocenters. The minimum atomic E-state index is -4.75. The van der Waals surface area contributed by atoms with Gasteiger partial charge in [-0.1, -0.05) is 19.1 Å². The maximum atomic E-state index is 12.2. The van der Waals surface area contributed by atoms with Gasteiger partial charge in [-0.05, 0) is 30.0 Å². The van der Waals surface area contributed by atoms with Crippen LogP contribution in [0.5, 0.6) is 5.75 Å². The van der Waals surface area contributed by atoms with Crippen molar-refractivity contribution in [2.75, 3.05) is 13.1 Å². The van der Waals surface area contributed by atoms with E-state index >= 15 is 0 Å². The second-order valence-electron chi connectivity index (χ2n) is 5.55. The molecule has 1 fully saturated rings. The molecule has 22 heavy (non-hydrogen) atoms. The van der Waals surface area contributed by atoms with Gasteiger partial charge in [0.05, 0.1) is 12.5 Å². The molecule has 122 valence electrons. The van der Waals surface area contributed by atoms with Crippen molar-refractivity contribution in [1.82, 2.24) is 4.90 Å². The van der Waals surface area contributed by atoms with Gasteiger partial charge >= 0.3 is 6.36 Å². The van der Waals surface area contributed by atoms with E-state index < -0.39 is 12.5 Å². The number of rotatable bonds is 3. The zero-order chi connectivity index (χ0) is 16.3. The molecule has 7 heteroatoms. The van der Waals surface area contributed by atoms with E-state index in [0.29, 0.717) is 18.5 Å². The second-order valence-corrected chi connectivity index (χ2v) is 5.55. The molecule has 1 aliphatic rings. The Morgan fingerprint density at radius 3 is 2.82 bits per heavy atom. The lowest BCUT2D eigenvalue weighted by Crippen LogP contribution is -2.46. The predicted octanol–water partition coefficient (Wildman–Crippen LogP) is 2.36. The van der Waals surface area contributed by atoms with Crippen molar-refractivity contribution in [1.29, 1.82) is 0 Å². The third-order valence-corrected chi connectivity index (χ3v) is 3.76. The summed E-state index contributed by atoms with van der Waals surface area (Å²) in [6.45, 7) is 2.74. The Kier molecular flexibility index (Phi) is 4.95. The van der Waals surface area contributed by atoms with Gasteiger partial charge in [-0.15, -0.1) is 13.2 Å². The molecular weight excluding hydrogens is 299 g/mol. The Hall–Kier alpha value is -1.76. The second kappa shape index (κ2) is 6.56. The van der Waals surface area contributed by atoms with Crippen LogP contribution in [0.25, 0.3) is 0 Å². The Balaban J connectivity index is 1.98. The topological polar surface area (TPSA) is 49.8 Å². The van der Waals surface area contributed by atoms with Crippen molar-refractivity contribution in [3.05, 3.63) is 29.8 Å². The van der Waals surface area contributed by atoms with Gasteiger partial charge in [0, 0.05) is 13.1 Å². The molecule has 0 spiro atoms. The largest absolute Gasteiger partial charge is 0.573 e. The fourth-order valence-electron chi connectivity index (χ4n) is 2.41. The number of β-amino-alcohol motifs (C(OH)–C–C–N with tert-alkyl or cyclic N) is 1. The summed E-state index contributed by atoms with van der Waals surface area (Å²) in [6.07, 6.45) is -4.62. The zero-order valence-corrected chi connectivity index (χ0v) is 12.1. The van der Waals surface area contributed by atoms with E-state index in [-0.39, 0.29) is 30.5 Å². The molecule has 1 saturated heterocycles. The van der Waals surface area contributed by atoms with E-state index in [9.17, 15) is 23.1 Å². The lowest BCUT2D eigenvalue weighted by atomic mass is 9.95. The number of carbonyl (C=O) groups excluding carboxylic acids is 1. The summed E-state index contributed by atoms with van der Waals surface area (Å²) < 4.78 is 40.4. The molecule has 1 N–H and O–H groups in total. The first-order valence-corrected chi connectivity index (χ1v) is 7.05. The molecule has 1 aromatic carbocycles. The average Bonchev–Trinajstić information content (AvgIpc) is 2.40. The van der Waals surface area contributed by atoms with Crippen LogP contribution in [0.4, 0.5) is 13.2 Å². The number of halogens is 3. The summed E-state index contributed by atoms with van der Waals surface area (Å²) in [4.78, 5) is 13.7. The Labute approximate surface area is 126 Å².